The first-order valence-corrected chi connectivity index (χ1v) is 10.4. The van der Waals surface area contributed by atoms with Crippen LogP contribution in [0.3, 0.4) is 0 Å². The number of nitrogens with zero attached hydrogens (tertiary/aromatic N) is 1. The summed E-state index contributed by atoms with van der Waals surface area (Å²) in [6.07, 6.45) is 1.54. The molecule has 0 saturated heterocycles. The van der Waals surface area contributed by atoms with Gasteiger partial charge in [0.15, 0.2) is 11.5 Å². The molecule has 0 radical (unpaired) electrons. The second-order valence-electron chi connectivity index (χ2n) is 8.17. The number of methoxy groups -OCH3 is 2. The topological polar surface area (TPSA) is 107 Å². The van der Waals surface area contributed by atoms with E-state index in [2.05, 4.69) is 5.32 Å². The van der Waals surface area contributed by atoms with Gasteiger partial charge < -0.3 is 24.5 Å². The molecule has 8 nitrogen and oxygen atoms in total. The van der Waals surface area contributed by atoms with E-state index >= 15 is 0 Å². The number of nitrogens with one attached hydrogen (secondary N) is 1. The largest absolute Gasteiger partial charge is 0.503 e. The number of halogens is 2. The fourth-order valence-corrected chi connectivity index (χ4v) is 4.15. The molecule has 1 aromatic heterocycles. The first-order chi connectivity index (χ1) is 15.7. The van der Waals surface area contributed by atoms with Crippen molar-refractivity contribution in [3.05, 3.63) is 63.1 Å². The molecule has 0 saturated carbocycles. The molecule has 1 aliphatic heterocycles. The number of carbonyl (C=O) groups is 2. The summed E-state index contributed by atoms with van der Waals surface area (Å²) < 4.78 is 39.6. The highest BCUT2D eigenvalue weighted by atomic mass is 19.1. The fourth-order valence-electron chi connectivity index (χ4n) is 4.15. The fraction of sp³-hybridized carbons (Fsp3) is 0.435. The zero-order valence-electron chi connectivity index (χ0n) is 18.6. The predicted octanol–water partition coefficient (Wildman–Crippen LogP) is 2.41. The Balaban J connectivity index is 1.93. The summed E-state index contributed by atoms with van der Waals surface area (Å²) in [4.78, 5) is 38.7. The number of ether oxygens (including phenoxy) is 2. The molecule has 2 heterocycles. The van der Waals surface area contributed by atoms with Crippen LogP contribution < -0.4 is 10.7 Å². The smallest absolute Gasteiger partial charge is 0.257 e. The number of benzene rings is 1. The van der Waals surface area contributed by atoms with E-state index in [1.807, 2.05) is 0 Å². The van der Waals surface area contributed by atoms with Crippen LogP contribution in [0.15, 0.2) is 29.2 Å². The number of aromatic nitrogens is 1. The molecule has 0 bridgehead atoms. The zero-order chi connectivity index (χ0) is 24.3. The summed E-state index contributed by atoms with van der Waals surface area (Å²) in [5.41, 5.74) is -3.09. The molecule has 0 aliphatic carbocycles. The van der Waals surface area contributed by atoms with Crippen molar-refractivity contribution in [3.8, 4) is 5.75 Å². The summed E-state index contributed by atoms with van der Waals surface area (Å²) in [7, 11) is 3.00. The Morgan fingerprint density at radius 3 is 2.55 bits per heavy atom. The third kappa shape index (κ3) is 4.53. The molecule has 0 fully saturated rings. The van der Waals surface area contributed by atoms with Gasteiger partial charge in [-0.05, 0) is 31.9 Å². The van der Waals surface area contributed by atoms with E-state index in [9.17, 15) is 28.3 Å². The zero-order valence-corrected chi connectivity index (χ0v) is 18.6. The van der Waals surface area contributed by atoms with Crippen molar-refractivity contribution in [1.82, 2.24) is 9.88 Å². The number of Topliss-reactive ketones (excluding diaryl/α,β-unsaturated/α-hetero) is 1. The van der Waals surface area contributed by atoms with Gasteiger partial charge in [0.25, 0.3) is 5.91 Å². The maximum atomic E-state index is 13.8. The van der Waals surface area contributed by atoms with Crippen molar-refractivity contribution in [2.75, 3.05) is 20.8 Å². The highest BCUT2D eigenvalue weighted by molar-refractivity contribution is 6.03. The molecule has 33 heavy (non-hydrogen) atoms. The Morgan fingerprint density at radius 1 is 1.27 bits per heavy atom. The van der Waals surface area contributed by atoms with E-state index < -0.39 is 58.1 Å². The molecule has 0 spiro atoms. The van der Waals surface area contributed by atoms with Crippen LogP contribution in [0.25, 0.3) is 0 Å². The van der Waals surface area contributed by atoms with Crippen LogP contribution in [0.1, 0.15) is 46.2 Å². The van der Waals surface area contributed by atoms with E-state index in [0.717, 1.165) is 18.3 Å². The highest BCUT2D eigenvalue weighted by Crippen LogP contribution is 2.40. The van der Waals surface area contributed by atoms with Crippen LogP contribution in [0.5, 0.6) is 5.75 Å². The van der Waals surface area contributed by atoms with Gasteiger partial charge in [-0.1, -0.05) is 6.07 Å². The lowest BCUT2D eigenvalue weighted by atomic mass is 9.72. The van der Waals surface area contributed by atoms with E-state index in [4.69, 9.17) is 9.47 Å². The van der Waals surface area contributed by atoms with Crippen molar-refractivity contribution in [1.29, 1.82) is 0 Å². The molecular weight excluding hydrogens is 438 g/mol. The molecule has 1 aromatic carbocycles. The lowest BCUT2D eigenvalue weighted by Gasteiger charge is -2.41. The molecule has 178 valence electrons. The van der Waals surface area contributed by atoms with Crippen LogP contribution in [-0.2, 0) is 22.6 Å². The van der Waals surface area contributed by atoms with Crippen LogP contribution in [0.4, 0.5) is 8.78 Å². The summed E-state index contributed by atoms with van der Waals surface area (Å²) in [6.45, 7) is 1.74. The molecule has 2 aromatic rings. The maximum Gasteiger partial charge on any atom is 0.257 e. The molecule has 3 rings (SSSR count). The molecule has 2 N–H and O–H groups in total. The molecule has 10 heteroatoms. The SMILES string of the molecule is COCCC[C@]1(C)C(=O)c2c(O)c(=O)c(C(=O)NCc3c(F)cccc3F)cn2C[C@@H]1OC. The van der Waals surface area contributed by atoms with E-state index in [0.29, 0.717) is 19.4 Å². The van der Waals surface area contributed by atoms with E-state index in [1.165, 1.54) is 17.7 Å². The highest BCUT2D eigenvalue weighted by Gasteiger charge is 2.48. The van der Waals surface area contributed by atoms with Crippen molar-refractivity contribution < 1.29 is 33.0 Å². The monoisotopic (exact) mass is 464 g/mol. The summed E-state index contributed by atoms with van der Waals surface area (Å²) in [6, 6.07) is 3.28. The third-order valence-corrected chi connectivity index (χ3v) is 6.12. The van der Waals surface area contributed by atoms with Crippen LogP contribution >= 0.6 is 0 Å². The van der Waals surface area contributed by atoms with Gasteiger partial charge in [0.05, 0.1) is 18.1 Å². The first kappa shape index (κ1) is 24.5. The number of rotatable bonds is 8. The van der Waals surface area contributed by atoms with Crippen molar-refractivity contribution >= 4 is 11.7 Å². The third-order valence-electron chi connectivity index (χ3n) is 6.12. The normalized spacial score (nSPS) is 19.9. The van der Waals surface area contributed by atoms with Gasteiger partial charge in [0.1, 0.15) is 22.9 Å². The molecule has 1 aliphatic rings. The molecule has 1 amide bonds. The standard InChI is InChI=1S/C23H26F2N2O6/c1-23(8-5-9-32-2)17(33-3)12-27-11-14(19(28)20(29)18(27)21(23)30)22(31)26-10-13-15(24)6-4-7-16(13)25/h4,6-7,11,17,29H,5,8-10,12H2,1-3H3,(H,26,31)/t17-,23-/m0/s1. The van der Waals surface area contributed by atoms with Gasteiger partial charge in [-0.2, -0.15) is 0 Å². The second kappa shape index (κ2) is 9.80. The van der Waals surface area contributed by atoms with Gasteiger partial charge in [-0.25, -0.2) is 8.78 Å². The van der Waals surface area contributed by atoms with Crippen LogP contribution in [0.2, 0.25) is 0 Å². The number of hydrogen-bond acceptors (Lipinski definition) is 6. The Hall–Kier alpha value is -3.11. The Bertz CT molecular complexity index is 1110. The number of carbonyl (C=O) groups excluding carboxylic acids is 2. The van der Waals surface area contributed by atoms with Gasteiger partial charge in [0.2, 0.25) is 5.43 Å². The molecular formula is C23H26F2N2O6. The van der Waals surface area contributed by atoms with E-state index in [1.54, 1.807) is 14.0 Å². The minimum atomic E-state index is -1.05. The molecule has 2 atom stereocenters. The predicted molar refractivity (Wildman–Crippen MR) is 114 cm³/mol. The first-order valence-electron chi connectivity index (χ1n) is 10.4. The Labute approximate surface area is 189 Å². The van der Waals surface area contributed by atoms with E-state index in [-0.39, 0.29) is 17.8 Å². The Morgan fingerprint density at radius 2 is 1.94 bits per heavy atom. The number of pyridine rings is 1. The summed E-state index contributed by atoms with van der Waals surface area (Å²) >= 11 is 0. The summed E-state index contributed by atoms with van der Waals surface area (Å²) in [5, 5.41) is 12.8. The van der Waals surface area contributed by atoms with Gasteiger partial charge >= 0.3 is 0 Å². The van der Waals surface area contributed by atoms with Gasteiger partial charge in [0, 0.05) is 39.1 Å². The average Bonchev–Trinajstić information content (AvgIpc) is 2.78. The number of ketones is 1. The second-order valence-corrected chi connectivity index (χ2v) is 8.17. The lowest BCUT2D eigenvalue weighted by molar-refractivity contribution is -0.0209. The average molecular weight is 464 g/mol. The van der Waals surface area contributed by atoms with Crippen molar-refractivity contribution in [2.24, 2.45) is 5.41 Å². The van der Waals surface area contributed by atoms with Crippen molar-refractivity contribution in [3.63, 3.8) is 0 Å². The van der Waals surface area contributed by atoms with Gasteiger partial charge in [-0.15, -0.1) is 0 Å². The van der Waals surface area contributed by atoms with Crippen molar-refractivity contribution in [2.45, 2.75) is 39.0 Å². The lowest BCUT2D eigenvalue weighted by Crippen LogP contribution is -2.50. The summed E-state index contributed by atoms with van der Waals surface area (Å²) in [5.74, 6) is -3.96. The number of amides is 1. The van der Waals surface area contributed by atoms with Crippen LogP contribution in [0, 0.1) is 17.0 Å². The van der Waals surface area contributed by atoms with Gasteiger partial charge in [-0.3, -0.25) is 14.4 Å². The molecule has 0 unspecified atom stereocenters. The minimum absolute atomic E-state index is 0.108. The van der Waals surface area contributed by atoms with Crippen LogP contribution in [-0.4, -0.2) is 48.3 Å². The Kier molecular flexibility index (Phi) is 7.28. The number of fused-ring (bicyclic) bond motifs is 1. The number of aromatic hydroxyl groups is 1. The maximum absolute atomic E-state index is 13.8. The minimum Gasteiger partial charge on any atom is -0.503 e. The number of hydrogen-bond donors (Lipinski definition) is 2. The quantitative estimate of drug-likeness (QED) is 0.581.